The van der Waals surface area contributed by atoms with Crippen molar-refractivity contribution < 1.29 is 0 Å². The minimum Gasteiger partial charge on any atom is -0.172 e. The van der Waals surface area contributed by atoms with E-state index in [0.29, 0.717) is 0 Å². The van der Waals surface area contributed by atoms with Gasteiger partial charge >= 0.3 is 0 Å². The van der Waals surface area contributed by atoms with Crippen molar-refractivity contribution in [1.29, 1.82) is 0 Å². The summed E-state index contributed by atoms with van der Waals surface area (Å²) >= 11 is 12.9. The summed E-state index contributed by atoms with van der Waals surface area (Å²) in [6.45, 7) is 0. The maximum absolute atomic E-state index is 4.58. The maximum atomic E-state index is 4.58. The molecule has 10 heteroatoms. The number of thiophene rings is 2. The Morgan fingerprint density at radius 1 is 0.708 bits per heavy atom. The Labute approximate surface area is 169 Å². The molecule has 1 aliphatic heterocycles. The Bertz CT molecular complexity index is 1100. The molecule has 0 unspecified atom stereocenters. The Morgan fingerprint density at radius 3 is 1.62 bits per heavy atom. The molecular weight excluding hydrogens is 512 g/mol. The van der Waals surface area contributed by atoms with E-state index < -0.39 is 0 Å². The second-order valence-corrected chi connectivity index (χ2v) is 10.9. The van der Waals surface area contributed by atoms with Crippen molar-refractivity contribution in [2.75, 3.05) is 0 Å². The van der Waals surface area contributed by atoms with Gasteiger partial charge in [-0.1, -0.05) is 0 Å². The Morgan fingerprint density at radius 2 is 1.21 bits per heavy atom. The number of fused-ring (bicyclic) bond motifs is 2. The van der Waals surface area contributed by atoms with Crippen LogP contribution in [0.3, 0.4) is 0 Å². The SMILES string of the molecule is Brc1ccc(-c2c3c(c(-c4ccc(Br)s4)c4nsnc24)N=S=N3)s1. The molecule has 118 valence electrons. The van der Waals surface area contributed by atoms with Crippen LogP contribution in [0.2, 0.25) is 0 Å². The molecular formula is C14H4Br2N4S4. The lowest BCUT2D eigenvalue weighted by Gasteiger charge is -2.09. The summed E-state index contributed by atoms with van der Waals surface area (Å²) in [5.74, 6) is 0. The van der Waals surface area contributed by atoms with Crippen LogP contribution in [-0.4, -0.2) is 8.75 Å². The topological polar surface area (TPSA) is 50.5 Å². The third-order valence-corrected chi connectivity index (χ3v) is 7.90. The highest BCUT2D eigenvalue weighted by atomic mass is 79.9. The highest BCUT2D eigenvalue weighted by molar-refractivity contribution is 9.11. The second-order valence-electron chi connectivity index (χ2n) is 4.88. The predicted octanol–water partition coefficient (Wildman–Crippen LogP) is 7.40. The van der Waals surface area contributed by atoms with E-state index in [0.717, 1.165) is 50.9 Å². The van der Waals surface area contributed by atoms with E-state index in [1.807, 2.05) is 12.1 Å². The van der Waals surface area contributed by atoms with Crippen molar-refractivity contribution in [3.05, 3.63) is 31.8 Å². The third-order valence-electron chi connectivity index (χ3n) is 3.56. The van der Waals surface area contributed by atoms with Gasteiger partial charge in [-0.15, -0.1) is 22.7 Å². The van der Waals surface area contributed by atoms with E-state index >= 15 is 0 Å². The summed E-state index contributed by atoms with van der Waals surface area (Å²) in [6.07, 6.45) is 0. The number of rotatable bonds is 2. The van der Waals surface area contributed by atoms with Gasteiger partial charge in [-0.25, -0.2) is 0 Å². The van der Waals surface area contributed by atoms with E-state index in [1.54, 1.807) is 22.7 Å². The first kappa shape index (κ1) is 15.5. The number of hydrogen-bond acceptors (Lipinski definition) is 7. The van der Waals surface area contributed by atoms with Crippen LogP contribution < -0.4 is 0 Å². The zero-order chi connectivity index (χ0) is 16.3. The van der Waals surface area contributed by atoms with Gasteiger partial charge in [0.15, 0.2) is 0 Å². The number of halogens is 2. The average molecular weight is 516 g/mol. The number of benzene rings is 1. The van der Waals surface area contributed by atoms with Gasteiger partial charge in [0.25, 0.3) is 0 Å². The fourth-order valence-corrected chi connectivity index (χ4v) is 6.61. The summed E-state index contributed by atoms with van der Waals surface area (Å²) in [6, 6.07) is 8.26. The largest absolute Gasteiger partial charge is 0.172 e. The molecule has 0 bridgehead atoms. The van der Waals surface area contributed by atoms with Gasteiger partial charge in [0.05, 0.1) is 30.7 Å². The smallest absolute Gasteiger partial charge is 0.116 e. The molecule has 4 aromatic rings. The monoisotopic (exact) mass is 514 g/mol. The van der Waals surface area contributed by atoms with Crippen LogP contribution in [-0.2, 0) is 11.4 Å². The standard InChI is InChI=1S/C14H4Br2N4S4/c15-7-3-1-5(21-7)9-11-13(19-23-17-11)10(6-2-4-8(16)22-6)14-12(9)18-24-20-14/h1-4H. The minimum absolute atomic E-state index is 0.897. The van der Waals surface area contributed by atoms with E-state index in [-0.39, 0.29) is 0 Å². The highest BCUT2D eigenvalue weighted by Crippen LogP contribution is 2.54. The molecule has 0 saturated carbocycles. The van der Waals surface area contributed by atoms with Gasteiger partial charge in [0.1, 0.15) is 22.4 Å². The van der Waals surface area contributed by atoms with Gasteiger partial charge in [-0.2, -0.15) is 17.5 Å². The summed E-state index contributed by atoms with van der Waals surface area (Å²) in [4.78, 5) is 2.24. The van der Waals surface area contributed by atoms with Crippen LogP contribution in [0.1, 0.15) is 0 Å². The lowest BCUT2D eigenvalue weighted by atomic mass is 10.0. The molecule has 0 amide bonds. The molecule has 1 aromatic carbocycles. The van der Waals surface area contributed by atoms with Crippen molar-refractivity contribution in [2.45, 2.75) is 0 Å². The van der Waals surface area contributed by atoms with Crippen molar-refractivity contribution in [3.8, 4) is 20.9 Å². The first-order valence-electron chi connectivity index (χ1n) is 6.64. The van der Waals surface area contributed by atoms with Crippen LogP contribution in [0.4, 0.5) is 11.4 Å². The minimum atomic E-state index is 0.897. The van der Waals surface area contributed by atoms with Crippen LogP contribution in [0, 0.1) is 0 Å². The first-order valence-corrected chi connectivity index (χ1v) is 11.3. The molecule has 24 heavy (non-hydrogen) atoms. The average Bonchev–Trinajstić information content (AvgIpc) is 3.31. The molecule has 5 rings (SSSR count). The summed E-state index contributed by atoms with van der Waals surface area (Å²) < 4.78 is 20.5. The van der Waals surface area contributed by atoms with Crippen LogP contribution in [0.15, 0.2) is 40.6 Å². The molecule has 0 saturated heterocycles. The zero-order valence-corrected chi connectivity index (χ0v) is 17.9. The van der Waals surface area contributed by atoms with Crippen molar-refractivity contribution >= 4 is 100 Å². The molecule has 0 N–H and O–H groups in total. The second kappa shape index (κ2) is 5.89. The van der Waals surface area contributed by atoms with Crippen LogP contribution in [0.25, 0.3) is 31.9 Å². The Kier molecular flexibility index (Phi) is 3.80. The molecule has 3 aromatic heterocycles. The molecule has 0 atom stereocenters. The predicted molar refractivity (Wildman–Crippen MR) is 111 cm³/mol. The summed E-state index contributed by atoms with van der Waals surface area (Å²) in [5.41, 5.74) is 5.64. The number of hydrogen-bond donors (Lipinski definition) is 0. The Balaban J connectivity index is 1.92. The van der Waals surface area contributed by atoms with Gasteiger partial charge < -0.3 is 0 Å². The van der Waals surface area contributed by atoms with E-state index in [4.69, 9.17) is 0 Å². The number of aromatic nitrogens is 2. The van der Waals surface area contributed by atoms with Crippen LogP contribution >= 0.6 is 66.3 Å². The maximum Gasteiger partial charge on any atom is 0.116 e. The quantitative estimate of drug-likeness (QED) is 0.246. The van der Waals surface area contributed by atoms with Crippen molar-refractivity contribution in [3.63, 3.8) is 0 Å². The lowest BCUT2D eigenvalue weighted by molar-refractivity contribution is 1.54. The summed E-state index contributed by atoms with van der Waals surface area (Å²) in [7, 11) is 0. The third kappa shape index (κ3) is 2.31. The molecule has 0 spiro atoms. The van der Waals surface area contributed by atoms with Crippen molar-refractivity contribution in [1.82, 2.24) is 8.75 Å². The first-order chi connectivity index (χ1) is 11.7. The fourth-order valence-electron chi connectivity index (χ4n) is 2.62. The molecule has 0 fully saturated rings. The molecule has 4 heterocycles. The highest BCUT2D eigenvalue weighted by Gasteiger charge is 2.27. The van der Waals surface area contributed by atoms with Crippen molar-refractivity contribution in [2.24, 2.45) is 8.73 Å². The number of nitrogens with zero attached hydrogens (tertiary/aromatic N) is 4. The van der Waals surface area contributed by atoms with Gasteiger partial charge in [-0.05, 0) is 56.1 Å². The van der Waals surface area contributed by atoms with Gasteiger partial charge in [-0.3, -0.25) is 0 Å². The molecule has 1 aliphatic rings. The van der Waals surface area contributed by atoms with Gasteiger partial charge in [0.2, 0.25) is 0 Å². The fraction of sp³-hybridized carbons (Fsp3) is 0. The Hall–Kier alpha value is -0.780. The van der Waals surface area contributed by atoms with Gasteiger partial charge in [0, 0.05) is 20.9 Å². The molecule has 0 radical (unpaired) electrons. The molecule has 0 aliphatic carbocycles. The molecule has 4 nitrogen and oxygen atoms in total. The van der Waals surface area contributed by atoms with E-state index in [1.165, 1.54) is 23.1 Å². The summed E-state index contributed by atoms with van der Waals surface area (Å²) in [5, 5.41) is 0. The van der Waals surface area contributed by atoms with E-state index in [9.17, 15) is 0 Å². The zero-order valence-electron chi connectivity index (χ0n) is 11.5. The van der Waals surface area contributed by atoms with E-state index in [2.05, 4.69) is 61.5 Å². The normalized spacial score (nSPS) is 12.8. The lowest BCUT2D eigenvalue weighted by Crippen LogP contribution is -1.84. The van der Waals surface area contributed by atoms with Crippen LogP contribution in [0.5, 0.6) is 0 Å².